The van der Waals surface area contributed by atoms with E-state index < -0.39 is 0 Å². The van der Waals surface area contributed by atoms with Crippen LogP contribution < -0.4 is 5.32 Å². The van der Waals surface area contributed by atoms with Crippen LogP contribution in [0.2, 0.25) is 0 Å². The average Bonchev–Trinajstić information content (AvgIpc) is 3.14. The monoisotopic (exact) mass is 357 g/mol. The molecule has 1 heterocycles. The highest BCUT2D eigenvalue weighted by molar-refractivity contribution is 7.99. The van der Waals surface area contributed by atoms with Crippen LogP contribution in [0.5, 0.6) is 0 Å². The lowest BCUT2D eigenvalue weighted by molar-refractivity contribution is -0.119. The van der Waals surface area contributed by atoms with Crippen molar-refractivity contribution in [3.8, 4) is 5.69 Å². The maximum absolute atomic E-state index is 12.2. The minimum atomic E-state index is 0.170. The summed E-state index contributed by atoms with van der Waals surface area (Å²) in [5.41, 5.74) is 2.28. The lowest BCUT2D eigenvalue weighted by Crippen LogP contribution is -2.44. The fourth-order valence-electron chi connectivity index (χ4n) is 3.46. The van der Waals surface area contributed by atoms with Crippen molar-refractivity contribution in [3.05, 3.63) is 48.3 Å². The van der Waals surface area contributed by atoms with Crippen molar-refractivity contribution in [2.75, 3.05) is 5.75 Å². The topological polar surface area (TPSA) is 46.9 Å². The quantitative estimate of drug-likeness (QED) is 0.848. The molecule has 4 nitrogen and oxygen atoms in total. The van der Waals surface area contributed by atoms with Crippen LogP contribution in [-0.2, 0) is 10.5 Å². The molecule has 1 aliphatic rings. The number of carbonyl (C=O) groups is 1. The highest BCUT2D eigenvalue weighted by Gasteiger charge is 2.27. The molecule has 3 rings (SSSR count). The Morgan fingerprint density at radius 1 is 1.28 bits per heavy atom. The molecule has 134 valence electrons. The molecule has 1 N–H and O–H groups in total. The van der Waals surface area contributed by atoms with Gasteiger partial charge in [0, 0.05) is 24.2 Å². The van der Waals surface area contributed by atoms with Crippen molar-refractivity contribution in [2.45, 2.75) is 44.9 Å². The fraction of sp³-hybridized carbons (Fsp3) is 0.500. The maximum atomic E-state index is 12.2. The third-order valence-corrected chi connectivity index (χ3v) is 6.26. The first-order valence-electron chi connectivity index (χ1n) is 9.09. The standard InChI is InChI=1S/C20H27N3OS/c1-15-5-3-6-19(16(15)2)22-20(24)14-25-13-17-7-9-18(10-8-17)23-12-4-11-21-23/h4,7-12,15-16,19H,3,5-6,13-14H2,1-2H3,(H,22,24)/t15-,16+,19+/m0/s1. The first-order chi connectivity index (χ1) is 12.1. The summed E-state index contributed by atoms with van der Waals surface area (Å²) in [6.07, 6.45) is 7.34. The lowest BCUT2D eigenvalue weighted by atomic mass is 9.78. The Kier molecular flexibility index (Phi) is 6.19. The molecule has 5 heteroatoms. The zero-order valence-electron chi connectivity index (χ0n) is 15.0. The van der Waals surface area contributed by atoms with Gasteiger partial charge in [-0.15, -0.1) is 11.8 Å². The molecule has 2 aromatic rings. The van der Waals surface area contributed by atoms with E-state index >= 15 is 0 Å². The van der Waals surface area contributed by atoms with Gasteiger partial charge in [0.05, 0.1) is 11.4 Å². The number of nitrogens with one attached hydrogen (secondary N) is 1. The number of thioether (sulfide) groups is 1. The van der Waals surface area contributed by atoms with E-state index in [1.807, 2.05) is 16.9 Å². The molecule has 1 fully saturated rings. The van der Waals surface area contributed by atoms with Gasteiger partial charge in [0.2, 0.25) is 5.91 Å². The van der Waals surface area contributed by atoms with Gasteiger partial charge in [-0.1, -0.05) is 38.8 Å². The number of amides is 1. The minimum absolute atomic E-state index is 0.170. The van der Waals surface area contributed by atoms with Gasteiger partial charge < -0.3 is 5.32 Å². The molecule has 0 spiro atoms. The Balaban J connectivity index is 1.42. The van der Waals surface area contributed by atoms with Crippen LogP contribution in [0.15, 0.2) is 42.7 Å². The van der Waals surface area contributed by atoms with E-state index in [4.69, 9.17) is 0 Å². The van der Waals surface area contributed by atoms with Crippen LogP contribution in [0.1, 0.15) is 38.7 Å². The van der Waals surface area contributed by atoms with E-state index in [1.165, 1.54) is 18.4 Å². The molecular weight excluding hydrogens is 330 g/mol. The van der Waals surface area contributed by atoms with Crippen molar-refractivity contribution in [3.63, 3.8) is 0 Å². The summed E-state index contributed by atoms with van der Waals surface area (Å²) in [5.74, 6) is 2.84. The van der Waals surface area contributed by atoms with Crippen LogP contribution in [0.4, 0.5) is 0 Å². The van der Waals surface area contributed by atoms with Crippen molar-refractivity contribution < 1.29 is 4.79 Å². The highest BCUT2D eigenvalue weighted by atomic mass is 32.2. The van der Waals surface area contributed by atoms with Crippen LogP contribution >= 0.6 is 11.8 Å². The smallest absolute Gasteiger partial charge is 0.230 e. The van der Waals surface area contributed by atoms with Gasteiger partial charge in [-0.25, -0.2) is 4.68 Å². The molecule has 1 saturated carbocycles. The molecule has 1 aromatic carbocycles. The first-order valence-corrected chi connectivity index (χ1v) is 10.2. The molecule has 0 unspecified atom stereocenters. The first kappa shape index (κ1) is 18.1. The molecule has 0 bridgehead atoms. The van der Waals surface area contributed by atoms with E-state index in [1.54, 1.807) is 18.0 Å². The number of hydrogen-bond donors (Lipinski definition) is 1. The average molecular weight is 358 g/mol. The van der Waals surface area contributed by atoms with Crippen molar-refractivity contribution in [1.29, 1.82) is 0 Å². The molecular formula is C20H27N3OS. The van der Waals surface area contributed by atoms with E-state index in [2.05, 4.69) is 48.5 Å². The Labute approximate surface area is 154 Å². The van der Waals surface area contributed by atoms with Gasteiger partial charge in [-0.2, -0.15) is 5.10 Å². The zero-order valence-corrected chi connectivity index (χ0v) is 15.8. The van der Waals surface area contributed by atoms with Crippen LogP contribution in [-0.4, -0.2) is 27.5 Å². The zero-order chi connectivity index (χ0) is 17.6. The SMILES string of the molecule is C[C@@H]1[C@@H](C)CCC[C@H]1NC(=O)CSCc1ccc(-n2cccn2)cc1. The summed E-state index contributed by atoms with van der Waals surface area (Å²) in [5, 5.41) is 7.47. The second-order valence-electron chi connectivity index (χ2n) is 7.05. The predicted molar refractivity (Wildman–Crippen MR) is 104 cm³/mol. The third-order valence-electron chi connectivity index (χ3n) is 5.26. The number of carbonyl (C=O) groups excluding carboxylic acids is 1. The van der Waals surface area contributed by atoms with Gasteiger partial charge in [0.1, 0.15) is 0 Å². The number of nitrogens with zero attached hydrogens (tertiary/aromatic N) is 2. The highest BCUT2D eigenvalue weighted by Crippen LogP contribution is 2.29. The van der Waals surface area contributed by atoms with Crippen molar-refractivity contribution in [1.82, 2.24) is 15.1 Å². The summed E-state index contributed by atoms with van der Waals surface area (Å²) in [6, 6.07) is 10.6. The Morgan fingerprint density at radius 2 is 2.08 bits per heavy atom. The Hall–Kier alpha value is -1.75. The number of benzene rings is 1. The van der Waals surface area contributed by atoms with Crippen LogP contribution in [0.3, 0.4) is 0 Å². The van der Waals surface area contributed by atoms with Crippen molar-refractivity contribution in [2.24, 2.45) is 11.8 Å². The predicted octanol–water partition coefficient (Wildman–Crippen LogP) is 4.05. The van der Waals surface area contributed by atoms with Gasteiger partial charge in [0.15, 0.2) is 0 Å². The second-order valence-corrected chi connectivity index (χ2v) is 8.04. The molecule has 1 aliphatic carbocycles. The third kappa shape index (κ3) is 4.88. The van der Waals surface area contributed by atoms with E-state index in [9.17, 15) is 4.79 Å². The Bertz CT molecular complexity index is 669. The summed E-state index contributed by atoms with van der Waals surface area (Å²) in [6.45, 7) is 4.56. The number of rotatable bonds is 6. The van der Waals surface area contributed by atoms with Crippen molar-refractivity contribution >= 4 is 17.7 Å². The lowest BCUT2D eigenvalue weighted by Gasteiger charge is -2.34. The molecule has 0 saturated heterocycles. The number of aromatic nitrogens is 2. The fourth-order valence-corrected chi connectivity index (χ4v) is 4.26. The van der Waals surface area contributed by atoms with Gasteiger partial charge >= 0.3 is 0 Å². The van der Waals surface area contributed by atoms with Gasteiger partial charge in [0.25, 0.3) is 0 Å². The molecule has 1 aromatic heterocycles. The summed E-state index contributed by atoms with van der Waals surface area (Å²) in [7, 11) is 0. The normalized spacial score (nSPS) is 23.4. The van der Waals surface area contributed by atoms with Crippen LogP contribution in [0.25, 0.3) is 5.69 Å². The van der Waals surface area contributed by atoms with E-state index in [-0.39, 0.29) is 5.91 Å². The maximum Gasteiger partial charge on any atom is 0.230 e. The second kappa shape index (κ2) is 8.56. The largest absolute Gasteiger partial charge is 0.352 e. The van der Waals surface area contributed by atoms with E-state index in [0.29, 0.717) is 23.6 Å². The molecule has 1 amide bonds. The van der Waals surface area contributed by atoms with Crippen LogP contribution in [0, 0.1) is 11.8 Å². The van der Waals surface area contributed by atoms with Gasteiger partial charge in [-0.05, 0) is 42.0 Å². The molecule has 25 heavy (non-hydrogen) atoms. The van der Waals surface area contributed by atoms with Gasteiger partial charge in [-0.3, -0.25) is 4.79 Å². The molecule has 3 atom stereocenters. The minimum Gasteiger partial charge on any atom is -0.352 e. The summed E-state index contributed by atoms with van der Waals surface area (Å²) < 4.78 is 1.84. The molecule has 0 aliphatic heterocycles. The number of hydrogen-bond acceptors (Lipinski definition) is 3. The molecule has 0 radical (unpaired) electrons. The Morgan fingerprint density at radius 3 is 2.80 bits per heavy atom. The summed E-state index contributed by atoms with van der Waals surface area (Å²) >= 11 is 1.67. The summed E-state index contributed by atoms with van der Waals surface area (Å²) in [4.78, 5) is 12.2. The van der Waals surface area contributed by atoms with E-state index in [0.717, 1.165) is 17.9 Å².